The first kappa shape index (κ1) is 18.7. The Bertz CT molecular complexity index is 454. The first-order valence-electron chi connectivity index (χ1n) is 7.15. The number of aryl methyl sites for hydroxylation is 1. The lowest BCUT2D eigenvalue weighted by Crippen LogP contribution is -2.45. The highest BCUT2D eigenvalue weighted by Crippen LogP contribution is 2.34. The number of halogens is 3. The largest absolute Gasteiger partial charge is 0.396 e. The molecule has 1 atom stereocenters. The Morgan fingerprint density at radius 2 is 2.05 bits per heavy atom. The maximum Gasteiger partial charge on any atom is 0.132 e. The molecule has 0 radical (unpaired) electrons. The fourth-order valence-corrected chi connectivity index (χ4v) is 3.04. The van der Waals surface area contributed by atoms with Gasteiger partial charge in [0.2, 0.25) is 0 Å². The summed E-state index contributed by atoms with van der Waals surface area (Å²) in [5.41, 5.74) is 1.20. The smallest absolute Gasteiger partial charge is 0.132 e. The molecule has 1 aromatic rings. The molecule has 0 bridgehead atoms. The molecule has 3 nitrogen and oxygen atoms in total. The summed E-state index contributed by atoms with van der Waals surface area (Å²) in [5, 5.41) is 12.9. The molecule has 1 fully saturated rings. The van der Waals surface area contributed by atoms with Crippen LogP contribution in [0.1, 0.15) is 30.0 Å². The Labute approximate surface area is 136 Å². The third kappa shape index (κ3) is 4.54. The Morgan fingerprint density at radius 3 is 2.67 bits per heavy atom. The van der Waals surface area contributed by atoms with Crippen LogP contribution in [0.5, 0.6) is 0 Å². The number of aliphatic hydroxyl groups excluding tert-OH is 1. The first-order chi connectivity index (χ1) is 9.65. The zero-order valence-corrected chi connectivity index (χ0v) is 13.8. The van der Waals surface area contributed by atoms with Gasteiger partial charge in [0, 0.05) is 49.4 Å². The molecule has 2 rings (SSSR count). The van der Waals surface area contributed by atoms with Gasteiger partial charge in [-0.2, -0.15) is 0 Å². The summed E-state index contributed by atoms with van der Waals surface area (Å²) in [5.74, 6) is -0.209. The van der Waals surface area contributed by atoms with E-state index in [2.05, 4.69) is 10.2 Å². The molecular formula is C15H23Cl2FN2O. The second-order valence-electron chi connectivity index (χ2n) is 5.26. The van der Waals surface area contributed by atoms with Crippen molar-refractivity contribution in [3.63, 3.8) is 0 Å². The summed E-state index contributed by atoms with van der Waals surface area (Å²) in [4.78, 5) is 2.26. The van der Waals surface area contributed by atoms with E-state index < -0.39 is 0 Å². The molecule has 1 saturated heterocycles. The molecular weight excluding hydrogens is 314 g/mol. The van der Waals surface area contributed by atoms with Crippen LogP contribution in [-0.2, 0) is 0 Å². The van der Waals surface area contributed by atoms with Gasteiger partial charge in [-0.15, -0.1) is 12.4 Å². The van der Waals surface area contributed by atoms with Gasteiger partial charge in [-0.05, 0) is 31.4 Å². The number of piperazine rings is 1. The van der Waals surface area contributed by atoms with Crippen molar-refractivity contribution in [2.24, 2.45) is 0 Å². The van der Waals surface area contributed by atoms with E-state index in [1.807, 2.05) is 0 Å². The lowest BCUT2D eigenvalue weighted by atomic mass is 9.97. The van der Waals surface area contributed by atoms with Crippen LogP contribution in [0.25, 0.3) is 0 Å². The topological polar surface area (TPSA) is 35.5 Å². The van der Waals surface area contributed by atoms with Gasteiger partial charge in [-0.25, -0.2) is 4.39 Å². The quantitative estimate of drug-likeness (QED) is 0.867. The molecule has 0 aliphatic carbocycles. The lowest BCUT2D eigenvalue weighted by Gasteiger charge is -2.36. The van der Waals surface area contributed by atoms with Crippen molar-refractivity contribution in [3.8, 4) is 0 Å². The summed E-state index contributed by atoms with van der Waals surface area (Å²) in [6, 6.07) is 3.42. The van der Waals surface area contributed by atoms with Gasteiger partial charge in [0.15, 0.2) is 0 Å². The van der Waals surface area contributed by atoms with Gasteiger partial charge in [0.1, 0.15) is 5.82 Å². The number of hydrogen-bond donors (Lipinski definition) is 2. The highest BCUT2D eigenvalue weighted by atomic mass is 35.5. The standard InChI is InChI=1S/C15H22ClFN2O.ClH/c1-11-4-5-12(16)14(15(11)17)13(3-2-10-20)19-8-6-18-7-9-19;/h4-5,13,18,20H,2-3,6-10H2,1H3;1H/t13-;/m1./s1. The monoisotopic (exact) mass is 336 g/mol. The van der Waals surface area contributed by atoms with Crippen molar-refractivity contribution in [1.29, 1.82) is 0 Å². The van der Waals surface area contributed by atoms with Gasteiger partial charge >= 0.3 is 0 Å². The SMILES string of the molecule is Cc1ccc(Cl)c([C@@H](CCCO)N2CCNCC2)c1F.Cl. The molecule has 0 amide bonds. The van der Waals surface area contributed by atoms with Gasteiger partial charge in [0.05, 0.1) is 0 Å². The molecule has 1 heterocycles. The number of nitrogens with zero attached hydrogens (tertiary/aromatic N) is 1. The summed E-state index contributed by atoms with van der Waals surface area (Å²) in [7, 11) is 0. The molecule has 1 aliphatic rings. The Morgan fingerprint density at radius 1 is 1.38 bits per heavy atom. The third-order valence-electron chi connectivity index (χ3n) is 3.88. The Hall–Kier alpha value is -0.390. The van der Waals surface area contributed by atoms with Crippen molar-refractivity contribution in [3.05, 3.63) is 34.1 Å². The van der Waals surface area contributed by atoms with Gasteiger partial charge < -0.3 is 10.4 Å². The lowest BCUT2D eigenvalue weighted by molar-refractivity contribution is 0.151. The number of aliphatic hydroxyl groups is 1. The first-order valence-corrected chi connectivity index (χ1v) is 7.53. The van der Waals surface area contributed by atoms with E-state index in [1.54, 1.807) is 19.1 Å². The Kier molecular flexibility index (Phi) is 7.92. The minimum Gasteiger partial charge on any atom is -0.396 e. The van der Waals surface area contributed by atoms with Crippen molar-refractivity contribution >= 4 is 24.0 Å². The number of benzene rings is 1. The second kappa shape index (κ2) is 8.91. The van der Waals surface area contributed by atoms with Crippen molar-refractivity contribution in [1.82, 2.24) is 10.2 Å². The zero-order valence-electron chi connectivity index (χ0n) is 12.2. The van der Waals surface area contributed by atoms with Gasteiger partial charge in [-0.1, -0.05) is 17.7 Å². The average molecular weight is 337 g/mol. The molecule has 6 heteroatoms. The number of rotatable bonds is 5. The zero-order chi connectivity index (χ0) is 14.5. The molecule has 120 valence electrons. The maximum atomic E-state index is 14.5. The number of nitrogens with one attached hydrogen (secondary N) is 1. The Balaban J connectivity index is 0.00000220. The van der Waals surface area contributed by atoms with Gasteiger partial charge in [0.25, 0.3) is 0 Å². The fraction of sp³-hybridized carbons (Fsp3) is 0.600. The van der Waals surface area contributed by atoms with E-state index in [9.17, 15) is 4.39 Å². The highest BCUT2D eigenvalue weighted by Gasteiger charge is 2.27. The van der Waals surface area contributed by atoms with E-state index in [4.69, 9.17) is 16.7 Å². The van der Waals surface area contributed by atoms with Crippen molar-refractivity contribution < 1.29 is 9.50 Å². The van der Waals surface area contributed by atoms with E-state index >= 15 is 0 Å². The van der Waals surface area contributed by atoms with Crippen LogP contribution in [-0.4, -0.2) is 42.8 Å². The van der Waals surface area contributed by atoms with Gasteiger partial charge in [-0.3, -0.25) is 4.90 Å². The van der Waals surface area contributed by atoms with E-state index in [-0.39, 0.29) is 30.9 Å². The van der Waals surface area contributed by atoms with E-state index in [0.29, 0.717) is 22.6 Å². The van der Waals surface area contributed by atoms with Crippen LogP contribution < -0.4 is 5.32 Å². The molecule has 1 aliphatic heterocycles. The second-order valence-corrected chi connectivity index (χ2v) is 5.67. The maximum absolute atomic E-state index is 14.5. The van der Waals surface area contributed by atoms with Crippen LogP contribution in [0.15, 0.2) is 12.1 Å². The molecule has 1 aromatic carbocycles. The summed E-state index contributed by atoms with van der Waals surface area (Å²) in [6.07, 6.45) is 1.37. The third-order valence-corrected chi connectivity index (χ3v) is 4.21. The number of hydrogen-bond acceptors (Lipinski definition) is 3. The van der Waals surface area contributed by atoms with Crippen LogP contribution in [0.2, 0.25) is 5.02 Å². The minimum atomic E-state index is -0.209. The molecule has 0 saturated carbocycles. The molecule has 0 unspecified atom stereocenters. The predicted molar refractivity (Wildman–Crippen MR) is 86.9 cm³/mol. The molecule has 0 aromatic heterocycles. The normalized spacial score (nSPS) is 17.3. The van der Waals surface area contributed by atoms with Crippen LogP contribution in [0.4, 0.5) is 4.39 Å². The summed E-state index contributed by atoms with van der Waals surface area (Å²) in [6.45, 7) is 5.44. The summed E-state index contributed by atoms with van der Waals surface area (Å²) >= 11 is 6.25. The minimum absolute atomic E-state index is 0. The van der Waals surface area contributed by atoms with Crippen LogP contribution in [0.3, 0.4) is 0 Å². The molecule has 21 heavy (non-hydrogen) atoms. The molecule has 2 N–H and O–H groups in total. The molecule has 0 spiro atoms. The summed E-state index contributed by atoms with van der Waals surface area (Å²) < 4.78 is 14.5. The van der Waals surface area contributed by atoms with E-state index in [1.165, 1.54) is 0 Å². The van der Waals surface area contributed by atoms with Crippen LogP contribution in [0, 0.1) is 12.7 Å². The predicted octanol–water partition coefficient (Wildman–Crippen LogP) is 2.93. The average Bonchev–Trinajstić information content (AvgIpc) is 2.47. The fourth-order valence-electron chi connectivity index (χ4n) is 2.77. The van der Waals surface area contributed by atoms with Crippen molar-refractivity contribution in [2.45, 2.75) is 25.8 Å². The van der Waals surface area contributed by atoms with Crippen LogP contribution >= 0.6 is 24.0 Å². The van der Waals surface area contributed by atoms with Crippen molar-refractivity contribution in [2.75, 3.05) is 32.8 Å². The highest BCUT2D eigenvalue weighted by molar-refractivity contribution is 6.31. The van der Waals surface area contributed by atoms with E-state index in [0.717, 1.165) is 32.6 Å².